The van der Waals surface area contributed by atoms with Crippen LogP contribution in [0.3, 0.4) is 0 Å². The van der Waals surface area contributed by atoms with Crippen LogP contribution in [-0.4, -0.2) is 30.9 Å². The molecule has 2 aromatic rings. The molecule has 0 unspecified atom stereocenters. The molecule has 0 aliphatic carbocycles. The maximum absolute atomic E-state index is 11.0. The van der Waals surface area contributed by atoms with Gasteiger partial charge in [0.25, 0.3) is 0 Å². The van der Waals surface area contributed by atoms with Gasteiger partial charge in [-0.15, -0.1) is 0 Å². The Labute approximate surface area is 162 Å². The van der Waals surface area contributed by atoms with Gasteiger partial charge in [-0.25, -0.2) is 4.79 Å². The van der Waals surface area contributed by atoms with Gasteiger partial charge in [-0.2, -0.15) is 5.26 Å². The van der Waals surface area contributed by atoms with Gasteiger partial charge in [0.1, 0.15) is 30.6 Å². The first-order chi connectivity index (χ1) is 13.0. The topological polar surface area (TPSA) is 88.8 Å². The molecule has 0 aliphatic heterocycles. The molecule has 7 heteroatoms. The van der Waals surface area contributed by atoms with E-state index in [4.69, 9.17) is 36.2 Å². The van der Waals surface area contributed by atoms with E-state index in [-0.39, 0.29) is 11.6 Å². The predicted molar refractivity (Wildman–Crippen MR) is 101 cm³/mol. The van der Waals surface area contributed by atoms with E-state index in [0.29, 0.717) is 30.3 Å². The molecule has 0 aliphatic rings. The maximum atomic E-state index is 11.0. The van der Waals surface area contributed by atoms with Gasteiger partial charge in [0.2, 0.25) is 0 Å². The van der Waals surface area contributed by atoms with E-state index in [1.807, 2.05) is 30.3 Å². The summed E-state index contributed by atoms with van der Waals surface area (Å²) in [6.07, 6.45) is 1.22. The third-order valence-corrected chi connectivity index (χ3v) is 3.62. The van der Waals surface area contributed by atoms with Crippen LogP contribution in [0.25, 0.3) is 6.08 Å². The van der Waals surface area contributed by atoms with E-state index in [1.54, 1.807) is 19.1 Å². The Kier molecular flexibility index (Phi) is 7.53. The number of halogens is 1. The van der Waals surface area contributed by atoms with Gasteiger partial charge in [0.05, 0.1) is 11.6 Å². The van der Waals surface area contributed by atoms with Gasteiger partial charge < -0.3 is 19.3 Å². The third-order valence-electron chi connectivity index (χ3n) is 3.34. The molecule has 140 valence electrons. The number of nitriles is 1. The second-order valence-corrected chi connectivity index (χ2v) is 5.66. The number of benzene rings is 2. The molecule has 0 aromatic heterocycles. The van der Waals surface area contributed by atoms with E-state index < -0.39 is 11.5 Å². The van der Waals surface area contributed by atoms with E-state index in [1.165, 1.54) is 12.1 Å². The van der Waals surface area contributed by atoms with Crippen LogP contribution in [0.1, 0.15) is 12.5 Å². The van der Waals surface area contributed by atoms with Crippen LogP contribution in [0.4, 0.5) is 0 Å². The molecule has 0 heterocycles. The zero-order chi connectivity index (χ0) is 19.6. The Hall–Kier alpha value is -3.17. The highest BCUT2D eigenvalue weighted by Gasteiger charge is 2.14. The van der Waals surface area contributed by atoms with Crippen molar-refractivity contribution in [2.75, 3.05) is 19.8 Å². The Morgan fingerprint density at radius 3 is 2.52 bits per heavy atom. The minimum absolute atomic E-state index is 0.239. The minimum atomic E-state index is -1.31. The van der Waals surface area contributed by atoms with Gasteiger partial charge >= 0.3 is 5.97 Å². The highest BCUT2D eigenvalue weighted by Crippen LogP contribution is 2.37. The van der Waals surface area contributed by atoms with Crippen LogP contribution < -0.4 is 14.2 Å². The van der Waals surface area contributed by atoms with Crippen molar-refractivity contribution in [2.24, 2.45) is 0 Å². The fraction of sp³-hybridized carbons (Fsp3) is 0.200. The molecule has 1 N–H and O–H groups in total. The quantitative estimate of drug-likeness (QED) is 0.394. The van der Waals surface area contributed by atoms with Gasteiger partial charge in [0.15, 0.2) is 11.5 Å². The SMILES string of the molecule is CCOc1cc(C=C(C#N)C(=O)O)cc(Cl)c1OCCOc1ccccc1. The van der Waals surface area contributed by atoms with Crippen molar-refractivity contribution in [3.63, 3.8) is 0 Å². The smallest absolute Gasteiger partial charge is 0.346 e. The Bertz CT molecular complexity index is 859. The van der Waals surface area contributed by atoms with Crippen molar-refractivity contribution in [3.05, 3.63) is 58.6 Å². The number of aliphatic carboxylic acids is 1. The van der Waals surface area contributed by atoms with E-state index in [9.17, 15) is 4.79 Å². The number of rotatable bonds is 9. The van der Waals surface area contributed by atoms with Gasteiger partial charge in [-0.05, 0) is 42.8 Å². The Morgan fingerprint density at radius 2 is 1.89 bits per heavy atom. The standard InChI is InChI=1S/C20H18ClNO5/c1-2-25-18-12-14(10-15(13-22)20(23)24)11-17(21)19(18)27-9-8-26-16-6-4-3-5-7-16/h3-7,10-12H,2,8-9H2,1H3,(H,23,24). The van der Waals surface area contributed by atoms with Crippen molar-refractivity contribution < 1.29 is 24.1 Å². The van der Waals surface area contributed by atoms with Gasteiger partial charge in [-0.1, -0.05) is 29.8 Å². The molecule has 0 saturated heterocycles. The maximum Gasteiger partial charge on any atom is 0.346 e. The molecule has 0 amide bonds. The molecule has 0 saturated carbocycles. The predicted octanol–water partition coefficient (Wildman–Crippen LogP) is 4.19. The molecule has 2 rings (SSSR count). The summed E-state index contributed by atoms with van der Waals surface area (Å²) in [6, 6.07) is 14.0. The van der Waals surface area contributed by atoms with E-state index >= 15 is 0 Å². The molecular weight excluding hydrogens is 370 g/mol. The molecule has 27 heavy (non-hydrogen) atoms. The zero-order valence-electron chi connectivity index (χ0n) is 14.6. The van der Waals surface area contributed by atoms with Gasteiger partial charge in [0, 0.05) is 0 Å². The first-order valence-corrected chi connectivity index (χ1v) is 8.55. The first-order valence-electron chi connectivity index (χ1n) is 8.17. The van der Waals surface area contributed by atoms with Crippen LogP contribution in [-0.2, 0) is 4.79 Å². The number of carboxylic acids is 1. The average molecular weight is 388 g/mol. The van der Waals surface area contributed by atoms with Gasteiger partial charge in [-0.3, -0.25) is 0 Å². The van der Waals surface area contributed by atoms with Crippen LogP contribution in [0.2, 0.25) is 5.02 Å². The summed E-state index contributed by atoms with van der Waals surface area (Å²) in [5.41, 5.74) is 0.0220. The van der Waals surface area contributed by atoms with E-state index in [2.05, 4.69) is 0 Å². The lowest BCUT2D eigenvalue weighted by molar-refractivity contribution is -0.132. The number of para-hydroxylation sites is 1. The summed E-state index contributed by atoms with van der Waals surface area (Å²) in [5.74, 6) is 0.111. The molecule has 0 bridgehead atoms. The Morgan fingerprint density at radius 1 is 1.19 bits per heavy atom. The molecule has 0 radical (unpaired) electrons. The lowest BCUT2D eigenvalue weighted by atomic mass is 10.1. The molecule has 6 nitrogen and oxygen atoms in total. The number of nitrogens with zero attached hydrogens (tertiary/aromatic N) is 1. The monoisotopic (exact) mass is 387 g/mol. The number of hydrogen-bond acceptors (Lipinski definition) is 5. The second-order valence-electron chi connectivity index (χ2n) is 5.25. The average Bonchev–Trinajstić information content (AvgIpc) is 2.65. The fourth-order valence-electron chi connectivity index (χ4n) is 2.20. The molecular formula is C20H18ClNO5. The van der Waals surface area contributed by atoms with Crippen molar-refractivity contribution in [2.45, 2.75) is 6.92 Å². The van der Waals surface area contributed by atoms with Crippen LogP contribution in [0.15, 0.2) is 48.0 Å². The number of ether oxygens (including phenoxy) is 3. The fourth-order valence-corrected chi connectivity index (χ4v) is 2.48. The number of carboxylic acid groups (broad SMARTS) is 1. The molecule has 0 atom stereocenters. The van der Waals surface area contributed by atoms with Crippen molar-refractivity contribution in [1.29, 1.82) is 5.26 Å². The summed E-state index contributed by atoms with van der Waals surface area (Å²) >= 11 is 6.27. The van der Waals surface area contributed by atoms with Crippen molar-refractivity contribution >= 4 is 23.6 Å². The summed E-state index contributed by atoms with van der Waals surface area (Å²) in [6.45, 7) is 2.72. The van der Waals surface area contributed by atoms with Crippen molar-refractivity contribution in [1.82, 2.24) is 0 Å². The highest BCUT2D eigenvalue weighted by molar-refractivity contribution is 6.32. The van der Waals surface area contributed by atoms with E-state index in [0.717, 1.165) is 5.75 Å². The summed E-state index contributed by atoms with van der Waals surface area (Å²) in [7, 11) is 0. The lowest BCUT2D eigenvalue weighted by Crippen LogP contribution is -2.10. The Balaban J connectivity index is 2.13. The summed E-state index contributed by atoms with van der Waals surface area (Å²) in [5, 5.41) is 18.1. The molecule has 2 aromatic carbocycles. The van der Waals surface area contributed by atoms with Crippen molar-refractivity contribution in [3.8, 4) is 23.3 Å². The largest absolute Gasteiger partial charge is 0.490 e. The second kappa shape index (κ2) is 10.1. The zero-order valence-corrected chi connectivity index (χ0v) is 15.4. The summed E-state index contributed by atoms with van der Waals surface area (Å²) in [4.78, 5) is 11.0. The number of carbonyl (C=O) groups is 1. The lowest BCUT2D eigenvalue weighted by Gasteiger charge is -2.15. The highest BCUT2D eigenvalue weighted by atomic mass is 35.5. The van der Waals surface area contributed by atoms with Crippen LogP contribution >= 0.6 is 11.6 Å². The normalized spacial score (nSPS) is 10.8. The minimum Gasteiger partial charge on any atom is -0.490 e. The molecule has 0 spiro atoms. The summed E-state index contributed by atoms with van der Waals surface area (Å²) < 4.78 is 16.8. The first kappa shape index (κ1) is 20.1. The van der Waals surface area contributed by atoms with Crippen LogP contribution in [0, 0.1) is 11.3 Å². The van der Waals surface area contributed by atoms with Crippen LogP contribution in [0.5, 0.6) is 17.2 Å². The third kappa shape index (κ3) is 5.94. The molecule has 0 fully saturated rings. The number of hydrogen-bond donors (Lipinski definition) is 1.